The van der Waals surface area contributed by atoms with E-state index < -0.39 is 22.5 Å². The summed E-state index contributed by atoms with van der Waals surface area (Å²) in [6.07, 6.45) is 0. The van der Waals surface area contributed by atoms with Crippen molar-refractivity contribution in [2.75, 3.05) is 10.9 Å². The van der Waals surface area contributed by atoms with E-state index in [1.54, 1.807) is 43.3 Å². The van der Waals surface area contributed by atoms with Crippen LogP contribution < -0.4 is 9.04 Å². The number of ether oxygens (including phenoxy) is 1. The van der Waals surface area contributed by atoms with Gasteiger partial charge in [0.15, 0.2) is 6.61 Å². The Morgan fingerprint density at radius 1 is 0.935 bits per heavy atom. The van der Waals surface area contributed by atoms with Gasteiger partial charge in [0, 0.05) is 0 Å². The Bertz CT molecular complexity index is 1170. The van der Waals surface area contributed by atoms with Gasteiger partial charge in [0.25, 0.3) is 15.9 Å². The summed E-state index contributed by atoms with van der Waals surface area (Å²) >= 11 is 0. The predicted octanol–water partition coefficient (Wildman–Crippen LogP) is 5.23. The molecule has 0 spiro atoms. The van der Waals surface area contributed by atoms with E-state index in [1.807, 2.05) is 31.2 Å². The maximum Gasteiger partial charge on any atom is 0.278 e. The van der Waals surface area contributed by atoms with Gasteiger partial charge in [0.2, 0.25) is 0 Å². The van der Waals surface area contributed by atoms with Gasteiger partial charge in [-0.2, -0.15) is 4.31 Å². The van der Waals surface area contributed by atoms with Crippen molar-refractivity contribution < 1.29 is 17.9 Å². The first-order chi connectivity index (χ1) is 14.7. The van der Waals surface area contributed by atoms with E-state index in [4.69, 9.17) is 4.74 Å². The number of carbonyl (C=O) groups is 1. The Balaban J connectivity index is 1.98. The second kappa shape index (κ2) is 9.35. The van der Waals surface area contributed by atoms with Gasteiger partial charge in [0.1, 0.15) is 5.75 Å². The molecule has 0 aliphatic heterocycles. The number of aryl methyl sites for hydroxylation is 1. The van der Waals surface area contributed by atoms with Gasteiger partial charge < -0.3 is 4.74 Å². The van der Waals surface area contributed by atoms with Gasteiger partial charge in [-0.25, -0.2) is 8.42 Å². The first-order valence-corrected chi connectivity index (χ1v) is 11.6. The van der Waals surface area contributed by atoms with Crippen molar-refractivity contribution in [3.8, 4) is 5.75 Å². The van der Waals surface area contributed by atoms with E-state index in [-0.39, 0.29) is 4.90 Å². The standard InChI is InChI=1S/C25H27NO4S/c1-18(2)21-11-9-12-22(16-21)30-17-25(27)26(24-15-8-10-19(3)20(24)4)31(28,29)23-13-6-5-7-14-23/h5-16,18H,17H2,1-4H3. The highest BCUT2D eigenvalue weighted by molar-refractivity contribution is 7.93. The topological polar surface area (TPSA) is 63.7 Å². The smallest absolute Gasteiger partial charge is 0.278 e. The van der Waals surface area contributed by atoms with Crippen molar-refractivity contribution in [2.24, 2.45) is 0 Å². The Labute approximate surface area is 184 Å². The van der Waals surface area contributed by atoms with E-state index in [1.165, 1.54) is 12.1 Å². The monoisotopic (exact) mass is 437 g/mol. The van der Waals surface area contributed by atoms with Crippen molar-refractivity contribution in [3.63, 3.8) is 0 Å². The zero-order valence-electron chi connectivity index (χ0n) is 18.2. The molecule has 1 amide bonds. The second-order valence-corrected chi connectivity index (χ2v) is 9.50. The Kier molecular flexibility index (Phi) is 6.81. The summed E-state index contributed by atoms with van der Waals surface area (Å²) in [4.78, 5) is 13.3. The van der Waals surface area contributed by atoms with Crippen molar-refractivity contribution in [1.29, 1.82) is 0 Å². The molecule has 3 aromatic rings. The van der Waals surface area contributed by atoms with Gasteiger partial charge in [-0.05, 0) is 66.8 Å². The fourth-order valence-corrected chi connectivity index (χ4v) is 4.71. The van der Waals surface area contributed by atoms with Gasteiger partial charge >= 0.3 is 0 Å². The molecule has 5 nitrogen and oxygen atoms in total. The minimum atomic E-state index is -4.11. The van der Waals surface area contributed by atoms with Crippen LogP contribution >= 0.6 is 0 Å². The first-order valence-electron chi connectivity index (χ1n) is 10.1. The quantitative estimate of drug-likeness (QED) is 0.508. The summed E-state index contributed by atoms with van der Waals surface area (Å²) in [7, 11) is -4.11. The lowest BCUT2D eigenvalue weighted by Gasteiger charge is -2.25. The SMILES string of the molecule is Cc1cccc(N(C(=O)COc2cccc(C(C)C)c2)S(=O)(=O)c2ccccc2)c1C. The zero-order chi connectivity index (χ0) is 22.6. The molecule has 0 radical (unpaired) electrons. The molecule has 0 aliphatic carbocycles. The Morgan fingerprint density at radius 2 is 1.61 bits per heavy atom. The normalized spacial score (nSPS) is 11.4. The average molecular weight is 438 g/mol. The summed E-state index contributed by atoms with van der Waals surface area (Å²) < 4.78 is 33.4. The van der Waals surface area contributed by atoms with E-state index in [0.29, 0.717) is 17.4 Å². The summed E-state index contributed by atoms with van der Waals surface area (Å²) in [6.45, 7) is 7.42. The third kappa shape index (κ3) is 4.97. The van der Waals surface area contributed by atoms with Crippen LogP contribution in [0.15, 0.2) is 77.7 Å². The number of rotatable bonds is 7. The molecule has 0 atom stereocenters. The lowest BCUT2D eigenvalue weighted by molar-refractivity contribution is -0.119. The molecule has 0 saturated carbocycles. The molecule has 0 bridgehead atoms. The lowest BCUT2D eigenvalue weighted by atomic mass is 10.0. The van der Waals surface area contributed by atoms with Crippen LogP contribution in [0.1, 0.15) is 36.5 Å². The Morgan fingerprint density at radius 3 is 2.29 bits per heavy atom. The van der Waals surface area contributed by atoms with E-state index >= 15 is 0 Å². The van der Waals surface area contributed by atoms with Crippen LogP contribution in [0.3, 0.4) is 0 Å². The summed E-state index contributed by atoms with van der Waals surface area (Å²) in [5.41, 5.74) is 3.02. The minimum Gasteiger partial charge on any atom is -0.484 e. The molecule has 162 valence electrons. The first kappa shape index (κ1) is 22.6. The van der Waals surface area contributed by atoms with Crippen molar-refractivity contribution in [1.82, 2.24) is 0 Å². The number of benzene rings is 3. The number of anilines is 1. The van der Waals surface area contributed by atoms with Gasteiger partial charge in [-0.15, -0.1) is 0 Å². The molecule has 3 rings (SSSR count). The molecular weight excluding hydrogens is 410 g/mol. The van der Waals surface area contributed by atoms with E-state index in [2.05, 4.69) is 13.8 Å². The minimum absolute atomic E-state index is 0.0473. The average Bonchev–Trinajstić information content (AvgIpc) is 2.76. The van der Waals surface area contributed by atoms with Crippen molar-refractivity contribution in [3.05, 3.63) is 89.5 Å². The number of hydrogen-bond donors (Lipinski definition) is 0. The number of amides is 1. The molecule has 0 saturated heterocycles. The molecule has 0 aliphatic rings. The molecule has 0 unspecified atom stereocenters. The highest BCUT2D eigenvalue weighted by atomic mass is 32.2. The highest BCUT2D eigenvalue weighted by Crippen LogP contribution is 2.29. The van der Waals surface area contributed by atoms with Gasteiger partial charge in [0.05, 0.1) is 10.6 Å². The second-order valence-electron chi connectivity index (χ2n) is 7.71. The van der Waals surface area contributed by atoms with Crippen LogP contribution in [0.4, 0.5) is 5.69 Å². The van der Waals surface area contributed by atoms with Gasteiger partial charge in [-0.3, -0.25) is 4.79 Å². The fraction of sp³-hybridized carbons (Fsp3) is 0.240. The largest absolute Gasteiger partial charge is 0.484 e. The molecule has 0 aromatic heterocycles. The van der Waals surface area contributed by atoms with Crippen LogP contribution in [0.2, 0.25) is 0 Å². The van der Waals surface area contributed by atoms with Crippen LogP contribution in [-0.4, -0.2) is 20.9 Å². The third-order valence-corrected chi connectivity index (χ3v) is 6.94. The molecule has 3 aromatic carbocycles. The number of carbonyl (C=O) groups excluding carboxylic acids is 1. The molecule has 31 heavy (non-hydrogen) atoms. The maximum absolute atomic E-state index is 13.4. The molecule has 6 heteroatoms. The van der Waals surface area contributed by atoms with Crippen LogP contribution in [0.5, 0.6) is 5.75 Å². The van der Waals surface area contributed by atoms with E-state index in [0.717, 1.165) is 21.0 Å². The lowest BCUT2D eigenvalue weighted by Crippen LogP contribution is -2.40. The number of nitrogens with zero attached hydrogens (tertiary/aromatic N) is 1. The zero-order valence-corrected chi connectivity index (χ0v) is 19.0. The third-order valence-electron chi connectivity index (χ3n) is 5.19. The summed E-state index contributed by atoms with van der Waals surface area (Å²) in [6, 6.07) is 20.7. The Hall–Kier alpha value is -3.12. The van der Waals surface area contributed by atoms with Crippen molar-refractivity contribution >= 4 is 21.6 Å². The van der Waals surface area contributed by atoms with Crippen LogP contribution in [0, 0.1) is 13.8 Å². The number of hydrogen-bond acceptors (Lipinski definition) is 4. The maximum atomic E-state index is 13.4. The summed E-state index contributed by atoms with van der Waals surface area (Å²) in [5, 5.41) is 0. The highest BCUT2D eigenvalue weighted by Gasteiger charge is 2.32. The van der Waals surface area contributed by atoms with Crippen LogP contribution in [0.25, 0.3) is 0 Å². The molecule has 0 fully saturated rings. The fourth-order valence-electron chi connectivity index (χ4n) is 3.22. The summed E-state index contributed by atoms with van der Waals surface area (Å²) in [5.74, 6) is 0.175. The van der Waals surface area contributed by atoms with Gasteiger partial charge in [-0.1, -0.05) is 56.3 Å². The van der Waals surface area contributed by atoms with Crippen molar-refractivity contribution in [2.45, 2.75) is 38.5 Å². The molecule has 0 heterocycles. The van der Waals surface area contributed by atoms with Crippen LogP contribution in [-0.2, 0) is 14.8 Å². The number of sulfonamides is 1. The van der Waals surface area contributed by atoms with E-state index in [9.17, 15) is 13.2 Å². The molecular formula is C25H27NO4S. The molecule has 0 N–H and O–H groups in total. The predicted molar refractivity (Wildman–Crippen MR) is 123 cm³/mol.